The van der Waals surface area contributed by atoms with Crippen molar-refractivity contribution in [3.05, 3.63) is 83.4 Å². The van der Waals surface area contributed by atoms with Crippen molar-refractivity contribution in [3.63, 3.8) is 0 Å². The molecule has 3 unspecified atom stereocenters. The molecule has 3 atom stereocenters. The van der Waals surface area contributed by atoms with Crippen molar-refractivity contribution in [2.75, 3.05) is 6.54 Å². The molecule has 2 N–H and O–H groups in total. The number of alkyl carbamates (subject to hydrolysis) is 1. The highest BCUT2D eigenvalue weighted by Gasteiger charge is 2.40. The molecule has 0 fully saturated rings. The van der Waals surface area contributed by atoms with Crippen molar-refractivity contribution in [2.45, 2.75) is 105 Å². The summed E-state index contributed by atoms with van der Waals surface area (Å²) in [4.78, 5) is 56.5. The number of esters is 1. The summed E-state index contributed by atoms with van der Waals surface area (Å²) in [5.41, 5.74) is 1.47. The van der Waals surface area contributed by atoms with Gasteiger partial charge < -0.3 is 25.0 Å². The van der Waals surface area contributed by atoms with E-state index in [2.05, 4.69) is 17.2 Å². The van der Waals surface area contributed by atoms with Gasteiger partial charge in [0.15, 0.2) is 0 Å². The average Bonchev–Trinajstić information content (AvgIpc) is 2.90. The van der Waals surface area contributed by atoms with Crippen molar-refractivity contribution >= 4 is 23.9 Å². The Bertz CT molecular complexity index is 1320. The molecule has 0 radical (unpaired) electrons. The third-order valence-electron chi connectivity index (χ3n) is 6.88. The average molecular weight is 622 g/mol. The Morgan fingerprint density at radius 1 is 0.844 bits per heavy atom. The highest BCUT2D eigenvalue weighted by molar-refractivity contribution is 5.94. The number of carbonyl (C=O) groups excluding carboxylic acids is 4. The first-order valence-electron chi connectivity index (χ1n) is 15.4. The lowest BCUT2D eigenvalue weighted by atomic mass is 9.92. The van der Waals surface area contributed by atoms with Gasteiger partial charge >= 0.3 is 12.1 Å². The second-order valence-electron chi connectivity index (χ2n) is 13.6. The van der Waals surface area contributed by atoms with E-state index in [-0.39, 0.29) is 18.9 Å². The van der Waals surface area contributed by atoms with E-state index in [1.165, 1.54) is 11.0 Å². The van der Waals surface area contributed by atoms with Crippen molar-refractivity contribution in [1.82, 2.24) is 15.5 Å². The Labute approximate surface area is 268 Å². The third kappa shape index (κ3) is 11.4. The summed E-state index contributed by atoms with van der Waals surface area (Å²) in [6, 6.07) is 11.7. The Morgan fingerprint density at radius 2 is 1.40 bits per heavy atom. The molecule has 9 nitrogen and oxygen atoms in total. The third-order valence-corrected chi connectivity index (χ3v) is 6.88. The molecule has 45 heavy (non-hydrogen) atoms. The highest BCUT2D eigenvalue weighted by atomic mass is 16.6. The minimum Gasteiger partial charge on any atom is -0.458 e. The van der Waals surface area contributed by atoms with Crippen LogP contribution in [0.3, 0.4) is 0 Å². The lowest BCUT2D eigenvalue weighted by molar-refractivity contribution is -0.159. The zero-order chi connectivity index (χ0) is 34.1. The lowest BCUT2D eigenvalue weighted by Crippen LogP contribution is -2.56. The highest BCUT2D eigenvalue weighted by Crippen LogP contribution is 2.30. The summed E-state index contributed by atoms with van der Waals surface area (Å²) >= 11 is 0. The van der Waals surface area contributed by atoms with E-state index in [0.717, 1.165) is 16.7 Å². The fourth-order valence-corrected chi connectivity index (χ4v) is 4.94. The van der Waals surface area contributed by atoms with Crippen molar-refractivity contribution in [1.29, 1.82) is 0 Å². The molecular formula is C36H51N3O6. The Hall–Kier alpha value is -4.14. The van der Waals surface area contributed by atoms with Crippen LogP contribution in [0.4, 0.5) is 4.79 Å². The second-order valence-corrected chi connectivity index (χ2v) is 13.6. The number of nitrogens with zero attached hydrogens (tertiary/aromatic N) is 1. The SMILES string of the molecule is C=CCN(C(=O)C(NC(=O)OC(C)(C)C)C(C)C)C(C(=O)NC(Cc1ccccc1)C(=O)OC(C)(C)C)c1c(C)cccc1C. The zero-order valence-corrected chi connectivity index (χ0v) is 28.5. The van der Waals surface area contributed by atoms with Gasteiger partial charge in [0.25, 0.3) is 0 Å². The Balaban J connectivity index is 2.64. The number of hydrogen-bond acceptors (Lipinski definition) is 6. The second kappa shape index (κ2) is 15.7. The molecule has 0 aromatic heterocycles. The van der Waals surface area contributed by atoms with E-state index < -0.39 is 53.2 Å². The topological polar surface area (TPSA) is 114 Å². The normalized spacial score (nSPS) is 13.7. The molecule has 9 heteroatoms. The van der Waals surface area contributed by atoms with Gasteiger partial charge in [-0.15, -0.1) is 6.58 Å². The number of ether oxygens (including phenoxy) is 2. The van der Waals surface area contributed by atoms with E-state index in [1.54, 1.807) is 55.4 Å². The summed E-state index contributed by atoms with van der Waals surface area (Å²) in [5, 5.41) is 5.63. The number of nitrogens with one attached hydrogen (secondary N) is 2. The first-order valence-corrected chi connectivity index (χ1v) is 15.4. The van der Waals surface area contributed by atoms with Gasteiger partial charge in [-0.1, -0.05) is 68.5 Å². The molecule has 0 aliphatic carbocycles. The summed E-state index contributed by atoms with van der Waals surface area (Å²) in [6.45, 7) is 21.7. The van der Waals surface area contributed by atoms with Gasteiger partial charge in [-0.3, -0.25) is 9.59 Å². The summed E-state index contributed by atoms with van der Waals surface area (Å²) in [6.07, 6.45) is 0.978. The number of rotatable bonds is 12. The van der Waals surface area contributed by atoms with Gasteiger partial charge in [0, 0.05) is 13.0 Å². The van der Waals surface area contributed by atoms with E-state index in [9.17, 15) is 19.2 Å². The molecule has 0 aliphatic heterocycles. The summed E-state index contributed by atoms with van der Waals surface area (Å²) < 4.78 is 11.1. The van der Waals surface area contributed by atoms with Crippen molar-refractivity contribution < 1.29 is 28.7 Å². The monoisotopic (exact) mass is 621 g/mol. The molecule has 0 aliphatic rings. The number of aryl methyl sites for hydroxylation is 2. The first-order chi connectivity index (χ1) is 20.8. The van der Waals surface area contributed by atoms with Crippen LogP contribution in [-0.4, -0.2) is 58.6 Å². The predicted octanol–water partition coefficient (Wildman–Crippen LogP) is 5.98. The van der Waals surface area contributed by atoms with Crippen LogP contribution in [0.2, 0.25) is 0 Å². The van der Waals surface area contributed by atoms with Crippen LogP contribution < -0.4 is 10.6 Å². The molecule has 246 valence electrons. The molecule has 0 heterocycles. The number of hydrogen-bond donors (Lipinski definition) is 2. The summed E-state index contributed by atoms with van der Waals surface area (Å²) in [7, 11) is 0. The van der Waals surface area contributed by atoms with E-state index in [0.29, 0.717) is 5.56 Å². The van der Waals surface area contributed by atoms with E-state index >= 15 is 0 Å². The minimum atomic E-state index is -1.15. The van der Waals surface area contributed by atoms with Gasteiger partial charge in [0.2, 0.25) is 11.8 Å². The minimum absolute atomic E-state index is 0.000295. The van der Waals surface area contributed by atoms with Gasteiger partial charge in [0.05, 0.1) is 0 Å². The van der Waals surface area contributed by atoms with Crippen LogP contribution in [0.5, 0.6) is 0 Å². The van der Waals surface area contributed by atoms with Crippen LogP contribution in [0, 0.1) is 19.8 Å². The molecule has 0 saturated heterocycles. The number of benzene rings is 2. The molecular weight excluding hydrogens is 570 g/mol. The predicted molar refractivity (Wildman–Crippen MR) is 176 cm³/mol. The van der Waals surface area contributed by atoms with Gasteiger partial charge in [-0.25, -0.2) is 9.59 Å². The van der Waals surface area contributed by atoms with Crippen LogP contribution in [-0.2, 0) is 30.3 Å². The van der Waals surface area contributed by atoms with Gasteiger partial charge in [0.1, 0.15) is 29.3 Å². The van der Waals surface area contributed by atoms with Crippen LogP contribution in [0.1, 0.15) is 83.7 Å². The fourth-order valence-electron chi connectivity index (χ4n) is 4.94. The van der Waals surface area contributed by atoms with Crippen LogP contribution in [0.25, 0.3) is 0 Å². The molecule has 0 saturated carbocycles. The maximum Gasteiger partial charge on any atom is 0.408 e. The maximum atomic E-state index is 14.5. The smallest absolute Gasteiger partial charge is 0.408 e. The molecule has 2 aromatic carbocycles. The van der Waals surface area contributed by atoms with E-state index in [4.69, 9.17) is 9.47 Å². The lowest BCUT2D eigenvalue weighted by Gasteiger charge is -2.36. The zero-order valence-electron chi connectivity index (χ0n) is 28.5. The van der Waals surface area contributed by atoms with Crippen molar-refractivity contribution in [2.24, 2.45) is 5.92 Å². The largest absolute Gasteiger partial charge is 0.458 e. The quantitative estimate of drug-likeness (QED) is 0.223. The van der Waals surface area contributed by atoms with Gasteiger partial charge in [-0.2, -0.15) is 0 Å². The standard InChI is InChI=1S/C36H51N3O6/c1-12-21-39(32(41)29(23(2)3)38-34(43)45-36(9,10)11)30(28-24(4)17-16-18-25(28)5)31(40)37-27(33(42)44-35(6,7)8)22-26-19-14-13-15-20-26/h12-20,23,27,29-30H,1,21-22H2,2-11H3,(H,37,40)(H,38,43). The number of carbonyl (C=O) groups is 4. The fraction of sp³-hybridized carbons (Fsp3) is 0.500. The molecule has 2 aromatic rings. The molecule has 2 rings (SSSR count). The van der Waals surface area contributed by atoms with Crippen molar-refractivity contribution in [3.8, 4) is 0 Å². The maximum absolute atomic E-state index is 14.5. The molecule has 0 spiro atoms. The van der Waals surface area contributed by atoms with Gasteiger partial charge in [-0.05, 0) is 83.6 Å². The first kappa shape index (κ1) is 37.0. The van der Waals surface area contributed by atoms with Crippen LogP contribution in [0.15, 0.2) is 61.2 Å². The summed E-state index contributed by atoms with van der Waals surface area (Å²) in [5.74, 6) is -1.98. The van der Waals surface area contributed by atoms with Crippen LogP contribution >= 0.6 is 0 Å². The number of amides is 3. The Kier molecular flexibility index (Phi) is 13.0. The Morgan fingerprint density at radius 3 is 1.89 bits per heavy atom. The molecule has 0 bridgehead atoms. The van der Waals surface area contributed by atoms with E-state index in [1.807, 2.05) is 62.4 Å². The molecule has 3 amide bonds.